The second-order valence-electron chi connectivity index (χ2n) is 8.33. The van der Waals surface area contributed by atoms with Crippen LogP contribution in [0.3, 0.4) is 0 Å². The normalized spacial score (nSPS) is 10.9. The monoisotopic (exact) mass is 539 g/mol. The Labute approximate surface area is 225 Å². The van der Waals surface area contributed by atoms with E-state index in [1.165, 1.54) is 34.8 Å². The van der Waals surface area contributed by atoms with Gasteiger partial charge < -0.3 is 10.6 Å². The molecule has 0 saturated carbocycles. The van der Waals surface area contributed by atoms with Gasteiger partial charge in [0.25, 0.3) is 0 Å². The first-order valence-corrected chi connectivity index (χ1v) is 13.4. The van der Waals surface area contributed by atoms with Crippen molar-refractivity contribution < 1.29 is 8.78 Å². The summed E-state index contributed by atoms with van der Waals surface area (Å²) in [5, 5.41) is 11.2. The Morgan fingerprint density at radius 3 is 1.63 bits per heavy atom. The molecule has 0 aliphatic carbocycles. The van der Waals surface area contributed by atoms with Crippen molar-refractivity contribution in [2.24, 2.45) is 0 Å². The second kappa shape index (κ2) is 10.5. The average molecular weight is 540 g/mol. The Bertz CT molecular complexity index is 1710. The number of para-hydroxylation sites is 2. The topological polar surface area (TPSA) is 62.7 Å². The Kier molecular flexibility index (Phi) is 6.60. The van der Waals surface area contributed by atoms with Gasteiger partial charge in [-0.2, -0.15) is 0 Å². The van der Waals surface area contributed by atoms with Gasteiger partial charge in [0.2, 0.25) is 0 Å². The van der Waals surface area contributed by atoms with Gasteiger partial charge in [0.15, 0.2) is 10.3 Å². The third-order valence-electron chi connectivity index (χ3n) is 5.79. The molecule has 6 rings (SSSR count). The molecule has 0 aliphatic rings. The number of nitrogens with one attached hydrogen (secondary N) is 2. The Balaban J connectivity index is 1.18. The van der Waals surface area contributed by atoms with Gasteiger partial charge in [-0.05, 0) is 35.9 Å². The van der Waals surface area contributed by atoms with Crippen molar-refractivity contribution in [3.8, 4) is 33.6 Å². The summed E-state index contributed by atoms with van der Waals surface area (Å²) >= 11 is 2.82. The number of pyridine rings is 1. The number of benzene rings is 3. The third-order valence-corrected chi connectivity index (χ3v) is 7.30. The molecule has 186 valence electrons. The minimum absolute atomic E-state index is 0.320. The van der Waals surface area contributed by atoms with Crippen LogP contribution in [0.25, 0.3) is 33.6 Å². The highest BCUT2D eigenvalue weighted by atomic mass is 32.1. The van der Waals surface area contributed by atoms with Crippen LogP contribution >= 0.6 is 22.7 Å². The fourth-order valence-electron chi connectivity index (χ4n) is 3.85. The highest BCUT2D eigenvalue weighted by Crippen LogP contribution is 2.32. The maximum absolute atomic E-state index is 14.0. The molecular formula is C29H19F2N5S2. The van der Waals surface area contributed by atoms with Crippen LogP contribution in [0.15, 0.2) is 102 Å². The average Bonchev–Trinajstić information content (AvgIpc) is 3.62. The summed E-state index contributed by atoms with van der Waals surface area (Å²) in [5.74, 6) is -0.647. The van der Waals surface area contributed by atoms with Crippen molar-refractivity contribution in [2.45, 2.75) is 0 Å². The van der Waals surface area contributed by atoms with Crippen LogP contribution in [-0.2, 0) is 0 Å². The van der Waals surface area contributed by atoms with Gasteiger partial charge in [-0.1, -0.05) is 48.5 Å². The van der Waals surface area contributed by atoms with E-state index in [9.17, 15) is 8.78 Å². The van der Waals surface area contributed by atoms with E-state index in [4.69, 9.17) is 0 Å². The van der Waals surface area contributed by atoms with E-state index >= 15 is 0 Å². The fourth-order valence-corrected chi connectivity index (χ4v) is 5.32. The molecule has 0 spiro atoms. The predicted molar refractivity (Wildman–Crippen MR) is 151 cm³/mol. The van der Waals surface area contributed by atoms with Crippen LogP contribution in [0.2, 0.25) is 0 Å². The molecule has 6 aromatic rings. The molecule has 2 N–H and O–H groups in total. The van der Waals surface area contributed by atoms with Crippen molar-refractivity contribution >= 4 is 44.3 Å². The first kappa shape index (κ1) is 23.9. The predicted octanol–water partition coefficient (Wildman–Crippen LogP) is 8.76. The molecule has 0 bridgehead atoms. The van der Waals surface area contributed by atoms with E-state index in [2.05, 4.69) is 25.6 Å². The third kappa shape index (κ3) is 5.15. The van der Waals surface area contributed by atoms with Gasteiger partial charge >= 0.3 is 0 Å². The van der Waals surface area contributed by atoms with E-state index in [1.807, 2.05) is 47.3 Å². The molecule has 0 aliphatic heterocycles. The lowest BCUT2D eigenvalue weighted by atomic mass is 10.0. The number of hydrogen-bond donors (Lipinski definition) is 2. The Hall–Kier alpha value is -4.47. The lowest BCUT2D eigenvalue weighted by Crippen LogP contribution is -1.93. The smallest absolute Gasteiger partial charge is 0.187 e. The number of anilines is 4. The summed E-state index contributed by atoms with van der Waals surface area (Å²) in [6.45, 7) is 0. The van der Waals surface area contributed by atoms with Crippen LogP contribution in [0.1, 0.15) is 0 Å². The summed E-state index contributed by atoms with van der Waals surface area (Å²) in [5.41, 5.74) is 6.13. The van der Waals surface area contributed by atoms with Gasteiger partial charge in [-0.15, -0.1) is 22.7 Å². The number of thiazole rings is 2. The maximum atomic E-state index is 14.0. The van der Waals surface area contributed by atoms with E-state index in [-0.39, 0.29) is 11.6 Å². The summed E-state index contributed by atoms with van der Waals surface area (Å²) in [6.07, 6.45) is 3.57. The number of hydrogen-bond acceptors (Lipinski definition) is 7. The molecule has 9 heteroatoms. The molecule has 0 amide bonds. The zero-order chi connectivity index (χ0) is 25.9. The maximum Gasteiger partial charge on any atom is 0.187 e. The second-order valence-corrected chi connectivity index (χ2v) is 10.0. The van der Waals surface area contributed by atoms with Crippen molar-refractivity contribution in [3.63, 3.8) is 0 Å². The lowest BCUT2D eigenvalue weighted by Gasteiger charge is -2.05. The highest BCUT2D eigenvalue weighted by molar-refractivity contribution is 7.14. The van der Waals surface area contributed by atoms with Crippen molar-refractivity contribution in [1.82, 2.24) is 15.0 Å². The zero-order valence-corrected chi connectivity index (χ0v) is 21.4. The lowest BCUT2D eigenvalue weighted by molar-refractivity contribution is 0.631. The largest absolute Gasteiger partial charge is 0.329 e. The van der Waals surface area contributed by atoms with Crippen LogP contribution in [0.4, 0.5) is 30.4 Å². The summed E-state index contributed by atoms with van der Waals surface area (Å²) < 4.78 is 27.9. The number of halogens is 2. The number of nitrogens with zero attached hydrogens (tertiary/aromatic N) is 3. The van der Waals surface area contributed by atoms with E-state index in [1.54, 1.807) is 42.6 Å². The van der Waals surface area contributed by atoms with Gasteiger partial charge in [-0.25, -0.2) is 18.7 Å². The van der Waals surface area contributed by atoms with Crippen LogP contribution < -0.4 is 10.6 Å². The standard InChI is InChI=1S/C29H19F2N5S2/c30-22-5-1-3-7-24(22)33-28-35-26(16-37-28)19-11-9-18(10-12-19)20-13-21(15-32-14-20)27-17-38-29(36-27)34-25-8-4-2-6-23(25)31/h1-17H,(H,33,35)(H,34,36). The molecule has 5 nitrogen and oxygen atoms in total. The zero-order valence-electron chi connectivity index (χ0n) is 19.7. The summed E-state index contributed by atoms with van der Waals surface area (Å²) in [4.78, 5) is 13.6. The molecule has 3 heterocycles. The fraction of sp³-hybridized carbons (Fsp3) is 0. The summed E-state index contributed by atoms with van der Waals surface area (Å²) in [7, 11) is 0. The first-order valence-electron chi connectivity index (χ1n) is 11.6. The minimum Gasteiger partial charge on any atom is -0.329 e. The van der Waals surface area contributed by atoms with Crippen LogP contribution in [0.5, 0.6) is 0 Å². The molecule has 38 heavy (non-hydrogen) atoms. The van der Waals surface area contributed by atoms with E-state index < -0.39 is 0 Å². The number of aromatic nitrogens is 3. The van der Waals surface area contributed by atoms with Gasteiger partial charge in [0, 0.05) is 39.8 Å². The molecule has 3 aromatic heterocycles. The Morgan fingerprint density at radius 2 is 1.05 bits per heavy atom. The molecule has 0 atom stereocenters. The molecule has 0 saturated heterocycles. The summed E-state index contributed by atoms with van der Waals surface area (Å²) in [6, 6.07) is 23.1. The number of rotatable bonds is 7. The highest BCUT2D eigenvalue weighted by Gasteiger charge is 2.11. The molecular weight excluding hydrogens is 520 g/mol. The first-order chi connectivity index (χ1) is 18.6. The van der Waals surface area contributed by atoms with E-state index in [0.717, 1.165) is 33.6 Å². The van der Waals surface area contributed by atoms with Crippen molar-refractivity contribution in [3.05, 3.63) is 114 Å². The van der Waals surface area contributed by atoms with Gasteiger partial charge in [0.1, 0.15) is 11.6 Å². The van der Waals surface area contributed by atoms with Crippen LogP contribution in [-0.4, -0.2) is 15.0 Å². The van der Waals surface area contributed by atoms with Crippen LogP contribution in [0, 0.1) is 11.6 Å². The van der Waals surface area contributed by atoms with Crippen molar-refractivity contribution in [2.75, 3.05) is 10.6 Å². The minimum atomic E-state index is -0.327. The molecule has 0 unspecified atom stereocenters. The Morgan fingerprint density at radius 1 is 0.553 bits per heavy atom. The molecule has 3 aromatic carbocycles. The molecule has 0 radical (unpaired) electrons. The van der Waals surface area contributed by atoms with Crippen molar-refractivity contribution in [1.29, 1.82) is 0 Å². The quantitative estimate of drug-likeness (QED) is 0.212. The SMILES string of the molecule is Fc1ccccc1Nc1nc(-c2ccc(-c3cncc(-c4csc(Nc5ccccc5F)n4)c3)cc2)cs1. The van der Waals surface area contributed by atoms with E-state index in [0.29, 0.717) is 21.6 Å². The van der Waals surface area contributed by atoms with Gasteiger partial charge in [0.05, 0.1) is 22.8 Å². The molecule has 0 fully saturated rings. The van der Waals surface area contributed by atoms with Gasteiger partial charge in [-0.3, -0.25) is 4.98 Å².